The summed E-state index contributed by atoms with van der Waals surface area (Å²) in [5.41, 5.74) is 3.17. The molecule has 0 unspecified atom stereocenters. The average molecular weight is 390 g/mol. The van der Waals surface area contributed by atoms with E-state index in [0.29, 0.717) is 25.6 Å². The summed E-state index contributed by atoms with van der Waals surface area (Å²) in [5.74, 6) is 3.10. The molecule has 5 rings (SSSR count). The van der Waals surface area contributed by atoms with Crippen molar-refractivity contribution in [2.75, 3.05) is 18.5 Å². The third-order valence-corrected chi connectivity index (χ3v) is 5.59. The van der Waals surface area contributed by atoms with Crippen LogP contribution < -0.4 is 14.8 Å². The van der Waals surface area contributed by atoms with Gasteiger partial charge < -0.3 is 14.8 Å². The van der Waals surface area contributed by atoms with Gasteiger partial charge in [-0.2, -0.15) is 0 Å². The van der Waals surface area contributed by atoms with Crippen molar-refractivity contribution >= 4 is 27.4 Å². The minimum Gasteiger partial charge on any atom is -0.486 e. The van der Waals surface area contributed by atoms with Crippen LogP contribution in [0, 0.1) is 6.92 Å². The monoisotopic (exact) mass is 390 g/mol. The minimum absolute atomic E-state index is 0.582. The Labute approximate surface area is 166 Å². The molecule has 0 aliphatic carbocycles. The van der Waals surface area contributed by atoms with Crippen molar-refractivity contribution in [1.82, 2.24) is 15.0 Å². The number of fused-ring (bicyclic) bond motifs is 2. The fourth-order valence-electron chi connectivity index (χ4n) is 3.22. The van der Waals surface area contributed by atoms with Crippen LogP contribution in [0.5, 0.6) is 11.5 Å². The Morgan fingerprint density at radius 3 is 2.86 bits per heavy atom. The molecule has 0 bridgehead atoms. The second-order valence-corrected chi connectivity index (χ2v) is 7.43. The van der Waals surface area contributed by atoms with E-state index in [0.717, 1.165) is 38.7 Å². The number of ether oxygens (including phenoxy) is 2. The molecule has 1 aliphatic rings. The molecule has 0 amide bonds. The third kappa shape index (κ3) is 3.14. The summed E-state index contributed by atoms with van der Waals surface area (Å²) in [6, 6.07) is 9.88. The molecule has 0 atom stereocenters. The zero-order chi connectivity index (χ0) is 18.9. The first-order valence-corrected chi connectivity index (χ1v) is 9.94. The standard InChI is InChI=1S/C21H18N4O2S/c1-13-12-28-21-18(13)20(24-19(25-21)15-3-2-6-22-11-15)23-10-14-4-5-16-17(9-14)27-8-7-26-16/h2-6,9,11-12H,7-8,10H2,1H3,(H,23,24,25). The van der Waals surface area contributed by atoms with Crippen molar-refractivity contribution in [2.24, 2.45) is 0 Å². The fraction of sp³-hybridized carbons (Fsp3) is 0.190. The molecule has 0 spiro atoms. The lowest BCUT2D eigenvalue weighted by Gasteiger charge is -2.19. The third-order valence-electron chi connectivity index (χ3n) is 4.60. The second kappa shape index (κ2) is 7.09. The van der Waals surface area contributed by atoms with E-state index in [9.17, 15) is 0 Å². The highest BCUT2D eigenvalue weighted by Gasteiger charge is 2.15. The first kappa shape index (κ1) is 16.9. The predicted octanol–water partition coefficient (Wildman–Crippen LogP) is 4.45. The number of aromatic nitrogens is 3. The SMILES string of the molecule is Cc1csc2nc(-c3cccnc3)nc(NCc3ccc4c(c3)OCCO4)c12. The molecule has 7 heteroatoms. The number of pyridine rings is 1. The van der Waals surface area contributed by atoms with Gasteiger partial charge in [-0.05, 0) is 47.7 Å². The lowest BCUT2D eigenvalue weighted by atomic mass is 10.2. The summed E-state index contributed by atoms with van der Waals surface area (Å²) < 4.78 is 11.3. The van der Waals surface area contributed by atoms with Crippen LogP contribution in [0.3, 0.4) is 0 Å². The topological polar surface area (TPSA) is 69.2 Å². The maximum Gasteiger partial charge on any atom is 0.164 e. The number of nitrogens with zero attached hydrogens (tertiary/aromatic N) is 3. The molecule has 28 heavy (non-hydrogen) atoms. The second-order valence-electron chi connectivity index (χ2n) is 6.57. The van der Waals surface area contributed by atoms with Crippen LogP contribution in [-0.4, -0.2) is 28.2 Å². The fourth-order valence-corrected chi connectivity index (χ4v) is 4.14. The molecule has 0 fully saturated rings. The number of benzene rings is 1. The molecule has 6 nitrogen and oxygen atoms in total. The van der Waals surface area contributed by atoms with Crippen LogP contribution in [0.25, 0.3) is 21.6 Å². The normalized spacial score (nSPS) is 12.9. The maximum atomic E-state index is 5.69. The van der Waals surface area contributed by atoms with Crippen molar-refractivity contribution in [3.63, 3.8) is 0 Å². The smallest absolute Gasteiger partial charge is 0.164 e. The Kier molecular flexibility index (Phi) is 4.29. The number of thiophene rings is 1. The summed E-state index contributed by atoms with van der Waals surface area (Å²) in [4.78, 5) is 14.7. The first-order valence-electron chi connectivity index (χ1n) is 9.06. The van der Waals surface area contributed by atoms with Gasteiger partial charge in [0.25, 0.3) is 0 Å². The number of nitrogens with one attached hydrogen (secondary N) is 1. The van der Waals surface area contributed by atoms with Crippen molar-refractivity contribution in [1.29, 1.82) is 0 Å². The Morgan fingerprint density at radius 1 is 1.11 bits per heavy atom. The van der Waals surface area contributed by atoms with E-state index in [1.807, 2.05) is 30.3 Å². The van der Waals surface area contributed by atoms with Gasteiger partial charge in [0.1, 0.15) is 23.9 Å². The van der Waals surface area contributed by atoms with Gasteiger partial charge in [0.05, 0.1) is 5.39 Å². The van der Waals surface area contributed by atoms with E-state index in [1.165, 1.54) is 5.56 Å². The molecule has 3 aromatic heterocycles. The molecule has 1 N–H and O–H groups in total. The largest absolute Gasteiger partial charge is 0.486 e. The Hall–Kier alpha value is -3.19. The van der Waals surface area contributed by atoms with Gasteiger partial charge in [0.2, 0.25) is 0 Å². The van der Waals surface area contributed by atoms with Crippen LogP contribution in [0.2, 0.25) is 0 Å². The number of rotatable bonds is 4. The van der Waals surface area contributed by atoms with E-state index in [2.05, 4.69) is 22.6 Å². The van der Waals surface area contributed by atoms with Crippen molar-refractivity contribution in [2.45, 2.75) is 13.5 Å². The van der Waals surface area contributed by atoms with Crippen LogP contribution in [0.1, 0.15) is 11.1 Å². The molecule has 0 radical (unpaired) electrons. The van der Waals surface area contributed by atoms with Crippen LogP contribution in [0.15, 0.2) is 48.1 Å². The van der Waals surface area contributed by atoms with Crippen molar-refractivity contribution in [3.8, 4) is 22.9 Å². The van der Waals surface area contributed by atoms with Crippen LogP contribution in [-0.2, 0) is 6.54 Å². The quantitative estimate of drug-likeness (QED) is 0.555. The average Bonchev–Trinajstić information content (AvgIpc) is 3.13. The van der Waals surface area contributed by atoms with E-state index in [1.54, 1.807) is 23.7 Å². The van der Waals surface area contributed by atoms with Crippen molar-refractivity contribution in [3.05, 3.63) is 59.2 Å². The molecule has 4 heterocycles. The highest BCUT2D eigenvalue weighted by molar-refractivity contribution is 7.17. The molecule has 0 saturated heterocycles. The van der Waals surface area contributed by atoms with Gasteiger partial charge in [-0.1, -0.05) is 6.07 Å². The highest BCUT2D eigenvalue weighted by Crippen LogP contribution is 2.33. The molecule has 140 valence electrons. The van der Waals surface area contributed by atoms with Gasteiger partial charge in [-0.15, -0.1) is 11.3 Å². The summed E-state index contributed by atoms with van der Waals surface area (Å²) in [6.07, 6.45) is 3.53. The maximum absolute atomic E-state index is 5.69. The molecule has 4 aromatic rings. The minimum atomic E-state index is 0.582. The predicted molar refractivity (Wildman–Crippen MR) is 110 cm³/mol. The summed E-state index contributed by atoms with van der Waals surface area (Å²) >= 11 is 1.63. The lowest BCUT2D eigenvalue weighted by Crippen LogP contribution is -2.15. The van der Waals surface area contributed by atoms with E-state index < -0.39 is 0 Å². The van der Waals surface area contributed by atoms with Gasteiger partial charge in [-0.25, -0.2) is 9.97 Å². The molecule has 1 aliphatic heterocycles. The Balaban J connectivity index is 1.48. The molecule has 1 aromatic carbocycles. The highest BCUT2D eigenvalue weighted by atomic mass is 32.1. The molecular weight excluding hydrogens is 372 g/mol. The molecular formula is C21H18N4O2S. The summed E-state index contributed by atoms with van der Waals surface area (Å²) in [7, 11) is 0. The zero-order valence-corrected chi connectivity index (χ0v) is 16.1. The summed E-state index contributed by atoms with van der Waals surface area (Å²) in [6.45, 7) is 3.89. The number of aryl methyl sites for hydroxylation is 1. The van der Waals surface area contributed by atoms with Gasteiger partial charge in [-0.3, -0.25) is 4.98 Å². The summed E-state index contributed by atoms with van der Waals surface area (Å²) in [5, 5.41) is 6.66. The van der Waals surface area contributed by atoms with E-state index >= 15 is 0 Å². The van der Waals surface area contributed by atoms with Gasteiger partial charge in [0, 0.05) is 24.5 Å². The number of hydrogen-bond donors (Lipinski definition) is 1. The number of hydrogen-bond acceptors (Lipinski definition) is 7. The van der Waals surface area contributed by atoms with E-state index in [-0.39, 0.29) is 0 Å². The number of anilines is 1. The van der Waals surface area contributed by atoms with Crippen molar-refractivity contribution < 1.29 is 9.47 Å². The van der Waals surface area contributed by atoms with Gasteiger partial charge >= 0.3 is 0 Å². The van der Waals surface area contributed by atoms with E-state index in [4.69, 9.17) is 19.4 Å². The first-order chi connectivity index (χ1) is 13.8. The van der Waals surface area contributed by atoms with Gasteiger partial charge in [0.15, 0.2) is 17.3 Å². The Morgan fingerprint density at radius 2 is 2.00 bits per heavy atom. The molecule has 0 saturated carbocycles. The Bertz CT molecular complexity index is 1140. The van der Waals surface area contributed by atoms with Crippen LogP contribution in [0.4, 0.5) is 5.82 Å². The zero-order valence-electron chi connectivity index (χ0n) is 15.3. The lowest BCUT2D eigenvalue weighted by molar-refractivity contribution is 0.171. The van der Waals surface area contributed by atoms with Crippen LogP contribution >= 0.6 is 11.3 Å².